The molecule has 0 heterocycles. The third-order valence-corrected chi connectivity index (χ3v) is 2.74. The monoisotopic (exact) mass is 309 g/mol. The highest BCUT2D eigenvalue weighted by atomic mass is 79.9. The van der Waals surface area contributed by atoms with Gasteiger partial charge in [0.15, 0.2) is 5.78 Å². The molecule has 0 aliphatic carbocycles. The molecule has 0 saturated heterocycles. The molecule has 0 saturated carbocycles. The van der Waals surface area contributed by atoms with Crippen molar-refractivity contribution in [2.75, 3.05) is 11.1 Å². The van der Waals surface area contributed by atoms with Gasteiger partial charge >= 0.3 is 0 Å². The molecule has 1 aromatic rings. The number of hydrogen-bond donors (Lipinski definition) is 1. The Morgan fingerprint density at radius 1 is 1.54 bits per heavy atom. The summed E-state index contributed by atoms with van der Waals surface area (Å²) < 4.78 is 13.7. The molecule has 1 rings (SSSR count). The first-order chi connectivity index (χ1) is 6.07. The minimum Gasteiger partial charge on any atom is -0.397 e. The second-order valence-electron chi connectivity index (χ2n) is 2.37. The highest BCUT2D eigenvalue weighted by molar-refractivity contribution is 9.10. The fraction of sp³-hybridized carbons (Fsp3) is 0.125. The largest absolute Gasteiger partial charge is 0.397 e. The molecule has 0 aliphatic rings. The molecule has 0 amide bonds. The molecule has 5 heteroatoms. The molecule has 0 spiro atoms. The summed E-state index contributed by atoms with van der Waals surface area (Å²) in [4.78, 5) is 11.2. The quantitative estimate of drug-likeness (QED) is 0.518. The molecule has 0 atom stereocenters. The van der Waals surface area contributed by atoms with E-state index in [1.165, 1.54) is 12.1 Å². The fourth-order valence-corrected chi connectivity index (χ4v) is 1.53. The van der Waals surface area contributed by atoms with Gasteiger partial charge in [-0.25, -0.2) is 4.39 Å². The lowest BCUT2D eigenvalue weighted by Crippen LogP contribution is -2.08. The second kappa shape index (κ2) is 4.19. The highest BCUT2D eigenvalue weighted by Gasteiger charge is 2.15. The van der Waals surface area contributed by atoms with E-state index < -0.39 is 5.82 Å². The number of nitrogen functional groups attached to an aromatic ring is 1. The minimum absolute atomic E-state index is 0.0601. The van der Waals surface area contributed by atoms with Crippen LogP contribution in [0.25, 0.3) is 0 Å². The Balaban J connectivity index is 3.33. The van der Waals surface area contributed by atoms with Crippen molar-refractivity contribution in [3.8, 4) is 0 Å². The van der Waals surface area contributed by atoms with E-state index in [9.17, 15) is 9.18 Å². The number of hydrogen-bond acceptors (Lipinski definition) is 2. The molecule has 0 fully saturated rings. The molecule has 0 aliphatic heterocycles. The summed E-state index contributed by atoms with van der Waals surface area (Å²) in [6.45, 7) is 0. The number of benzene rings is 1. The van der Waals surface area contributed by atoms with Crippen LogP contribution >= 0.6 is 31.9 Å². The SMILES string of the molecule is Nc1c(Br)ccc(F)c1C(=O)CBr. The summed E-state index contributed by atoms with van der Waals surface area (Å²) in [6.07, 6.45) is 0. The lowest BCUT2D eigenvalue weighted by atomic mass is 10.1. The molecular weight excluding hydrogens is 305 g/mol. The lowest BCUT2D eigenvalue weighted by molar-refractivity contribution is 0.102. The lowest BCUT2D eigenvalue weighted by Gasteiger charge is -2.05. The maximum absolute atomic E-state index is 13.1. The molecule has 13 heavy (non-hydrogen) atoms. The third kappa shape index (κ3) is 2.08. The van der Waals surface area contributed by atoms with Gasteiger partial charge in [-0.3, -0.25) is 4.79 Å². The predicted molar refractivity (Wildman–Crippen MR) is 56.6 cm³/mol. The van der Waals surface area contributed by atoms with Crippen molar-refractivity contribution in [2.45, 2.75) is 0 Å². The topological polar surface area (TPSA) is 43.1 Å². The van der Waals surface area contributed by atoms with Gasteiger partial charge in [0, 0.05) is 4.47 Å². The van der Waals surface area contributed by atoms with E-state index >= 15 is 0 Å². The zero-order valence-electron chi connectivity index (χ0n) is 6.48. The molecular formula is C8H6Br2FNO. The molecule has 2 nitrogen and oxygen atoms in total. The van der Waals surface area contributed by atoms with Crippen molar-refractivity contribution >= 4 is 43.3 Å². The Labute approximate surface area is 91.6 Å². The summed E-state index contributed by atoms with van der Waals surface area (Å²) in [7, 11) is 0. The predicted octanol–water partition coefficient (Wildman–Crippen LogP) is 2.75. The van der Waals surface area contributed by atoms with Crippen molar-refractivity contribution < 1.29 is 9.18 Å². The number of ketones is 1. The summed E-state index contributed by atoms with van der Waals surface area (Å²) in [5.74, 6) is -0.957. The van der Waals surface area contributed by atoms with Gasteiger partial charge in [0.2, 0.25) is 0 Å². The normalized spacial score (nSPS) is 10.1. The third-order valence-electron chi connectivity index (χ3n) is 1.54. The van der Waals surface area contributed by atoms with Crippen LogP contribution in [-0.4, -0.2) is 11.1 Å². The van der Waals surface area contributed by atoms with Gasteiger partial charge in [-0.05, 0) is 28.1 Å². The molecule has 0 bridgehead atoms. The van der Waals surface area contributed by atoms with Gasteiger partial charge in [0.25, 0.3) is 0 Å². The van der Waals surface area contributed by atoms with Crippen LogP contribution in [0, 0.1) is 5.82 Å². The van der Waals surface area contributed by atoms with Crippen LogP contribution in [0.3, 0.4) is 0 Å². The van der Waals surface area contributed by atoms with E-state index in [1.807, 2.05) is 0 Å². The molecule has 1 aromatic carbocycles. The van der Waals surface area contributed by atoms with Crippen molar-refractivity contribution in [1.29, 1.82) is 0 Å². The number of nitrogens with two attached hydrogens (primary N) is 1. The van der Waals surface area contributed by atoms with Crippen LogP contribution in [0.2, 0.25) is 0 Å². The summed E-state index contributed by atoms with van der Waals surface area (Å²) in [5.41, 5.74) is 5.61. The van der Waals surface area contributed by atoms with Crippen LogP contribution in [0.1, 0.15) is 10.4 Å². The van der Waals surface area contributed by atoms with Gasteiger partial charge in [0.05, 0.1) is 16.6 Å². The Morgan fingerprint density at radius 2 is 2.15 bits per heavy atom. The number of Topliss-reactive ketones (excluding diaryl/α,β-unsaturated/α-hetero) is 1. The summed E-state index contributed by atoms with van der Waals surface area (Å²) in [6, 6.07) is 2.67. The van der Waals surface area contributed by atoms with Gasteiger partial charge < -0.3 is 5.73 Å². The minimum atomic E-state index is -0.592. The Hall–Kier alpha value is -0.420. The molecule has 0 radical (unpaired) electrons. The zero-order valence-corrected chi connectivity index (χ0v) is 9.65. The average molecular weight is 311 g/mol. The molecule has 0 aromatic heterocycles. The Kier molecular flexibility index (Phi) is 3.44. The van der Waals surface area contributed by atoms with Crippen molar-refractivity contribution in [1.82, 2.24) is 0 Å². The van der Waals surface area contributed by atoms with Crippen molar-refractivity contribution in [3.63, 3.8) is 0 Å². The van der Waals surface area contributed by atoms with Crippen molar-refractivity contribution in [2.24, 2.45) is 0 Å². The number of alkyl halides is 1. The number of halogens is 3. The van der Waals surface area contributed by atoms with Crippen LogP contribution in [0.5, 0.6) is 0 Å². The number of carbonyl (C=O) groups is 1. The van der Waals surface area contributed by atoms with E-state index in [1.54, 1.807) is 0 Å². The van der Waals surface area contributed by atoms with E-state index in [0.717, 1.165) is 0 Å². The first-order valence-corrected chi connectivity index (χ1v) is 5.32. The molecule has 2 N–H and O–H groups in total. The smallest absolute Gasteiger partial charge is 0.178 e. The fourth-order valence-electron chi connectivity index (χ4n) is 0.918. The first-order valence-electron chi connectivity index (χ1n) is 3.40. The number of carbonyl (C=O) groups excluding carboxylic acids is 1. The van der Waals surface area contributed by atoms with E-state index in [2.05, 4.69) is 31.9 Å². The van der Waals surface area contributed by atoms with E-state index in [0.29, 0.717) is 4.47 Å². The number of rotatable bonds is 2. The van der Waals surface area contributed by atoms with Crippen LogP contribution in [-0.2, 0) is 0 Å². The maximum atomic E-state index is 13.1. The summed E-state index contributed by atoms with van der Waals surface area (Å²) in [5, 5.41) is 0.0601. The van der Waals surface area contributed by atoms with Gasteiger partial charge in [-0.15, -0.1) is 0 Å². The first kappa shape index (κ1) is 10.7. The summed E-state index contributed by atoms with van der Waals surface area (Å²) >= 11 is 6.08. The van der Waals surface area contributed by atoms with E-state index in [-0.39, 0.29) is 22.4 Å². The second-order valence-corrected chi connectivity index (χ2v) is 3.79. The standard InChI is InChI=1S/C8H6Br2FNO/c9-3-6(13)7-5(11)2-1-4(10)8(7)12/h1-2H,3,12H2. The molecule has 70 valence electrons. The zero-order chi connectivity index (χ0) is 10.0. The van der Waals surface area contributed by atoms with Crippen LogP contribution < -0.4 is 5.73 Å². The maximum Gasteiger partial charge on any atom is 0.178 e. The average Bonchev–Trinajstić information content (AvgIpc) is 2.12. The van der Waals surface area contributed by atoms with Gasteiger partial charge in [-0.2, -0.15) is 0 Å². The Bertz CT molecular complexity index is 354. The number of anilines is 1. The van der Waals surface area contributed by atoms with Gasteiger partial charge in [0.1, 0.15) is 5.82 Å². The van der Waals surface area contributed by atoms with Crippen molar-refractivity contribution in [3.05, 3.63) is 28.0 Å². The van der Waals surface area contributed by atoms with Crippen LogP contribution in [0.4, 0.5) is 10.1 Å². The Morgan fingerprint density at radius 3 is 2.69 bits per heavy atom. The molecule has 0 unspecified atom stereocenters. The van der Waals surface area contributed by atoms with Gasteiger partial charge in [-0.1, -0.05) is 15.9 Å². The highest BCUT2D eigenvalue weighted by Crippen LogP contribution is 2.26. The van der Waals surface area contributed by atoms with E-state index in [4.69, 9.17) is 5.73 Å². The van der Waals surface area contributed by atoms with Crippen LogP contribution in [0.15, 0.2) is 16.6 Å².